The van der Waals surface area contributed by atoms with Crippen LogP contribution in [-0.2, 0) is 9.59 Å². The average molecular weight is 334 g/mol. The van der Waals surface area contributed by atoms with Gasteiger partial charge < -0.3 is 9.80 Å². The second-order valence-electron chi connectivity index (χ2n) is 6.10. The van der Waals surface area contributed by atoms with E-state index in [2.05, 4.69) is 31.2 Å². The lowest BCUT2D eigenvalue weighted by molar-refractivity contribution is -0.141. The minimum absolute atomic E-state index is 0.0422. The van der Waals surface area contributed by atoms with Crippen molar-refractivity contribution in [2.75, 3.05) is 32.4 Å². The molecule has 0 aromatic heterocycles. The molecule has 4 nitrogen and oxygen atoms in total. The molecule has 1 aromatic rings. The Bertz CT molecular complexity index is 530. The third-order valence-corrected chi connectivity index (χ3v) is 5.20. The van der Waals surface area contributed by atoms with Gasteiger partial charge in [-0.3, -0.25) is 9.59 Å². The first-order valence-corrected chi connectivity index (χ1v) is 9.26. The van der Waals surface area contributed by atoms with Gasteiger partial charge in [0.2, 0.25) is 11.8 Å². The van der Waals surface area contributed by atoms with Crippen molar-refractivity contribution < 1.29 is 9.59 Å². The zero-order valence-electron chi connectivity index (χ0n) is 14.1. The van der Waals surface area contributed by atoms with Gasteiger partial charge in [0.15, 0.2) is 0 Å². The molecule has 1 heterocycles. The number of likely N-dealkylation sites (N-methyl/N-ethyl adjacent to an activating group) is 1. The minimum atomic E-state index is 0.0422. The highest BCUT2D eigenvalue weighted by molar-refractivity contribution is 7.99. The maximum atomic E-state index is 12.2. The Morgan fingerprint density at radius 2 is 2.00 bits per heavy atom. The van der Waals surface area contributed by atoms with E-state index in [1.165, 1.54) is 10.5 Å². The van der Waals surface area contributed by atoms with Gasteiger partial charge in [0.05, 0.1) is 6.54 Å². The van der Waals surface area contributed by atoms with Gasteiger partial charge in [-0.2, -0.15) is 0 Å². The van der Waals surface area contributed by atoms with Crippen LogP contribution in [0.5, 0.6) is 0 Å². The molecule has 0 unspecified atom stereocenters. The van der Waals surface area contributed by atoms with Gasteiger partial charge in [0.1, 0.15) is 0 Å². The maximum Gasteiger partial charge on any atom is 0.241 e. The highest BCUT2D eigenvalue weighted by Crippen LogP contribution is 2.19. The van der Waals surface area contributed by atoms with Crippen molar-refractivity contribution >= 4 is 23.6 Å². The van der Waals surface area contributed by atoms with Gasteiger partial charge >= 0.3 is 0 Å². The quantitative estimate of drug-likeness (QED) is 0.569. The molecular formula is C18H26N2O2S. The Balaban J connectivity index is 1.65. The predicted octanol–water partition coefficient (Wildman–Crippen LogP) is 2.95. The van der Waals surface area contributed by atoms with Gasteiger partial charge in [-0.1, -0.05) is 17.7 Å². The highest BCUT2D eigenvalue weighted by Gasteiger charge is 2.21. The van der Waals surface area contributed by atoms with Crippen LogP contribution in [0, 0.1) is 6.92 Å². The number of thioether (sulfide) groups is 1. The summed E-state index contributed by atoms with van der Waals surface area (Å²) < 4.78 is 0. The van der Waals surface area contributed by atoms with Gasteiger partial charge in [-0.15, -0.1) is 11.8 Å². The molecule has 1 fully saturated rings. The number of carbonyl (C=O) groups excluding carboxylic acids is 2. The van der Waals surface area contributed by atoms with E-state index in [-0.39, 0.29) is 18.4 Å². The summed E-state index contributed by atoms with van der Waals surface area (Å²) >= 11 is 1.82. The summed E-state index contributed by atoms with van der Waals surface area (Å²) in [6, 6.07) is 8.51. The number of aryl methyl sites for hydroxylation is 1. The molecule has 2 rings (SSSR count). The van der Waals surface area contributed by atoms with Gasteiger partial charge in [0.25, 0.3) is 0 Å². The van der Waals surface area contributed by atoms with Crippen molar-refractivity contribution in [2.24, 2.45) is 0 Å². The first kappa shape index (κ1) is 17.9. The summed E-state index contributed by atoms with van der Waals surface area (Å²) in [7, 11) is 1.83. The largest absolute Gasteiger partial charge is 0.344 e. The molecule has 0 spiro atoms. The van der Waals surface area contributed by atoms with Crippen molar-refractivity contribution in [1.29, 1.82) is 0 Å². The zero-order chi connectivity index (χ0) is 16.7. The van der Waals surface area contributed by atoms with Crippen LogP contribution >= 0.6 is 11.8 Å². The van der Waals surface area contributed by atoms with Gasteiger partial charge in [-0.05, 0) is 44.1 Å². The Hall–Kier alpha value is -1.49. The number of hydrogen-bond acceptors (Lipinski definition) is 3. The lowest BCUT2D eigenvalue weighted by atomic mass is 10.1. The molecular weight excluding hydrogens is 308 g/mol. The molecule has 2 amide bonds. The van der Waals surface area contributed by atoms with Crippen molar-refractivity contribution in [2.45, 2.75) is 37.5 Å². The summed E-state index contributed by atoms with van der Waals surface area (Å²) in [6.45, 7) is 3.78. The number of carbonyl (C=O) groups is 2. The van der Waals surface area contributed by atoms with Crippen LogP contribution in [0.3, 0.4) is 0 Å². The van der Waals surface area contributed by atoms with Crippen LogP contribution in [0.25, 0.3) is 0 Å². The topological polar surface area (TPSA) is 40.6 Å². The summed E-state index contributed by atoms with van der Waals surface area (Å²) in [5.74, 6) is 1.15. The molecule has 23 heavy (non-hydrogen) atoms. The van der Waals surface area contributed by atoms with Gasteiger partial charge in [0, 0.05) is 31.5 Å². The fraction of sp³-hybridized carbons (Fsp3) is 0.556. The van der Waals surface area contributed by atoms with E-state index in [9.17, 15) is 9.59 Å². The number of likely N-dealkylation sites (tertiary alicyclic amines) is 1. The summed E-state index contributed by atoms with van der Waals surface area (Å²) in [4.78, 5) is 28.6. The number of hydrogen-bond donors (Lipinski definition) is 0. The summed E-state index contributed by atoms with van der Waals surface area (Å²) in [5, 5.41) is 0. The molecule has 1 aliphatic rings. The second-order valence-corrected chi connectivity index (χ2v) is 7.27. The molecule has 0 saturated carbocycles. The van der Waals surface area contributed by atoms with Crippen LogP contribution < -0.4 is 0 Å². The van der Waals surface area contributed by atoms with Crippen molar-refractivity contribution in [1.82, 2.24) is 9.80 Å². The fourth-order valence-corrected chi connectivity index (χ4v) is 3.40. The third-order valence-electron chi connectivity index (χ3n) is 4.10. The number of piperidine rings is 1. The van der Waals surface area contributed by atoms with E-state index in [0.29, 0.717) is 6.42 Å². The zero-order valence-corrected chi connectivity index (χ0v) is 14.9. The third kappa shape index (κ3) is 5.90. The standard InChI is InChI=1S/C18H26N2O2S/c1-15-7-9-16(10-8-15)23-13-5-11-19(2)18(22)14-20-12-4-3-6-17(20)21/h7-10H,3-6,11-14H2,1-2H3. The van der Waals surface area contributed by atoms with Crippen molar-refractivity contribution in [3.63, 3.8) is 0 Å². The number of rotatable bonds is 7. The van der Waals surface area contributed by atoms with E-state index in [4.69, 9.17) is 0 Å². The molecule has 0 bridgehead atoms. The van der Waals surface area contributed by atoms with Gasteiger partial charge in [-0.25, -0.2) is 0 Å². The van der Waals surface area contributed by atoms with E-state index < -0.39 is 0 Å². The summed E-state index contributed by atoms with van der Waals surface area (Å²) in [6.07, 6.45) is 3.50. The first-order valence-electron chi connectivity index (χ1n) is 8.27. The van der Waals surface area contributed by atoms with E-state index in [1.807, 2.05) is 18.8 Å². The summed E-state index contributed by atoms with van der Waals surface area (Å²) in [5.41, 5.74) is 1.27. The number of benzene rings is 1. The number of nitrogens with zero attached hydrogens (tertiary/aromatic N) is 2. The normalized spacial score (nSPS) is 14.9. The lowest BCUT2D eigenvalue weighted by Gasteiger charge is -2.28. The van der Waals surface area contributed by atoms with Crippen LogP contribution in [-0.4, -0.2) is 54.0 Å². The smallest absolute Gasteiger partial charge is 0.241 e. The molecule has 0 atom stereocenters. The fourth-order valence-electron chi connectivity index (χ4n) is 2.56. The molecule has 0 aliphatic carbocycles. The van der Waals surface area contributed by atoms with E-state index >= 15 is 0 Å². The Morgan fingerprint density at radius 1 is 1.26 bits per heavy atom. The molecule has 126 valence electrons. The number of amides is 2. The highest BCUT2D eigenvalue weighted by atomic mass is 32.2. The molecule has 1 aromatic carbocycles. The molecule has 1 saturated heterocycles. The van der Waals surface area contributed by atoms with Crippen LogP contribution in [0.1, 0.15) is 31.2 Å². The second kappa shape index (κ2) is 8.96. The molecule has 1 aliphatic heterocycles. The van der Waals surface area contributed by atoms with Crippen LogP contribution in [0.15, 0.2) is 29.2 Å². The average Bonchev–Trinajstić information content (AvgIpc) is 2.55. The van der Waals surface area contributed by atoms with Crippen LogP contribution in [0.2, 0.25) is 0 Å². The minimum Gasteiger partial charge on any atom is -0.344 e. The molecule has 0 N–H and O–H groups in total. The first-order chi connectivity index (χ1) is 11.1. The van der Waals surface area contributed by atoms with Crippen molar-refractivity contribution in [3.8, 4) is 0 Å². The SMILES string of the molecule is Cc1ccc(SCCCN(C)C(=O)CN2CCCCC2=O)cc1. The maximum absolute atomic E-state index is 12.2. The Morgan fingerprint density at radius 3 is 2.70 bits per heavy atom. The monoisotopic (exact) mass is 334 g/mol. The van der Waals surface area contributed by atoms with Crippen molar-refractivity contribution in [3.05, 3.63) is 29.8 Å². The predicted molar refractivity (Wildman–Crippen MR) is 94.6 cm³/mol. The molecule has 5 heteroatoms. The molecule has 0 radical (unpaired) electrons. The lowest BCUT2D eigenvalue weighted by Crippen LogP contribution is -2.43. The van der Waals surface area contributed by atoms with E-state index in [0.717, 1.165) is 38.1 Å². The Labute approximate surface area is 143 Å². The van der Waals surface area contributed by atoms with E-state index in [1.54, 1.807) is 9.80 Å². The van der Waals surface area contributed by atoms with Crippen LogP contribution in [0.4, 0.5) is 0 Å². The Kier molecular flexibility index (Phi) is 6.96.